The lowest BCUT2D eigenvalue weighted by molar-refractivity contribution is -0.123. The van der Waals surface area contributed by atoms with Gasteiger partial charge in [0.15, 0.2) is 5.76 Å². The molecule has 1 aliphatic carbocycles. The van der Waals surface area contributed by atoms with Gasteiger partial charge in [-0.25, -0.2) is 0 Å². The average molecular weight is 453 g/mol. The van der Waals surface area contributed by atoms with Gasteiger partial charge in [0.05, 0.1) is 24.1 Å². The molecule has 0 aliphatic heterocycles. The van der Waals surface area contributed by atoms with Gasteiger partial charge < -0.3 is 14.5 Å². The highest BCUT2D eigenvalue weighted by atomic mass is 35.5. The Kier molecular flexibility index (Phi) is 6.81. The zero-order chi connectivity index (χ0) is 22.5. The predicted octanol–water partition coefficient (Wildman–Crippen LogP) is 5.39. The quantitative estimate of drug-likeness (QED) is 0.521. The number of amides is 2. The predicted molar refractivity (Wildman–Crippen MR) is 123 cm³/mol. The number of halogens is 1. The van der Waals surface area contributed by atoms with Gasteiger partial charge in [-0.05, 0) is 54.8 Å². The zero-order valence-corrected chi connectivity index (χ0v) is 18.5. The molecule has 0 saturated heterocycles. The number of rotatable bonds is 7. The number of nitrogens with zero attached hydrogens (tertiary/aromatic N) is 1. The summed E-state index contributed by atoms with van der Waals surface area (Å²) < 4.78 is 10.8. The third-order valence-electron chi connectivity index (χ3n) is 5.68. The second kappa shape index (κ2) is 9.92. The van der Waals surface area contributed by atoms with E-state index < -0.39 is 11.9 Å². The molecule has 1 unspecified atom stereocenters. The number of nitrogens with one attached hydrogen (secondary N) is 1. The fourth-order valence-corrected chi connectivity index (χ4v) is 4.34. The van der Waals surface area contributed by atoms with Crippen LogP contribution in [0.1, 0.15) is 47.8 Å². The standard InChI is InChI=1S/C25H25ClN2O4/c1-31-19-11-6-8-17(16-19)23(24(29)27-18-9-2-3-10-18)28(21-13-5-4-12-20(21)26)25(30)22-14-7-15-32-22/h4-8,11-16,18,23H,2-3,9-10H2,1H3,(H,27,29). The molecule has 0 spiro atoms. The summed E-state index contributed by atoms with van der Waals surface area (Å²) in [5.74, 6) is -0.0281. The summed E-state index contributed by atoms with van der Waals surface area (Å²) in [4.78, 5) is 28.7. The molecule has 6 nitrogen and oxygen atoms in total. The lowest BCUT2D eigenvalue weighted by Gasteiger charge is -2.32. The molecule has 1 N–H and O–H groups in total. The Hall–Kier alpha value is -3.25. The summed E-state index contributed by atoms with van der Waals surface area (Å²) in [7, 11) is 1.56. The highest BCUT2D eigenvalue weighted by Crippen LogP contribution is 2.36. The second-order valence-corrected chi connectivity index (χ2v) is 8.18. The molecule has 1 heterocycles. The summed E-state index contributed by atoms with van der Waals surface area (Å²) in [5.41, 5.74) is 1.03. The van der Waals surface area contributed by atoms with Gasteiger partial charge in [0.1, 0.15) is 11.8 Å². The van der Waals surface area contributed by atoms with Crippen LogP contribution in [0.15, 0.2) is 71.3 Å². The Balaban J connectivity index is 1.84. The van der Waals surface area contributed by atoms with Crippen molar-refractivity contribution in [3.05, 3.63) is 83.3 Å². The Bertz CT molecular complexity index is 1080. The minimum Gasteiger partial charge on any atom is -0.497 e. The van der Waals surface area contributed by atoms with Crippen LogP contribution >= 0.6 is 11.6 Å². The summed E-state index contributed by atoms with van der Waals surface area (Å²) in [6.07, 6.45) is 5.43. The molecule has 1 aliphatic rings. The van der Waals surface area contributed by atoms with Crippen LogP contribution in [0.25, 0.3) is 0 Å². The molecule has 2 amide bonds. The van der Waals surface area contributed by atoms with Crippen LogP contribution < -0.4 is 15.0 Å². The molecular formula is C25H25ClN2O4. The molecule has 4 rings (SSSR count). The van der Waals surface area contributed by atoms with Gasteiger partial charge in [0.25, 0.3) is 5.91 Å². The van der Waals surface area contributed by atoms with E-state index in [-0.39, 0.29) is 17.7 Å². The molecule has 1 fully saturated rings. The van der Waals surface area contributed by atoms with E-state index in [1.165, 1.54) is 11.2 Å². The Morgan fingerprint density at radius 2 is 1.88 bits per heavy atom. The Morgan fingerprint density at radius 3 is 2.56 bits per heavy atom. The maximum absolute atomic E-state index is 13.7. The monoisotopic (exact) mass is 452 g/mol. The Labute approximate surface area is 192 Å². The van der Waals surface area contributed by atoms with Crippen molar-refractivity contribution < 1.29 is 18.7 Å². The van der Waals surface area contributed by atoms with Crippen LogP contribution in [0.5, 0.6) is 5.75 Å². The maximum Gasteiger partial charge on any atom is 0.295 e. The largest absolute Gasteiger partial charge is 0.497 e. The van der Waals surface area contributed by atoms with E-state index in [1.54, 1.807) is 67.8 Å². The maximum atomic E-state index is 13.7. The highest BCUT2D eigenvalue weighted by Gasteiger charge is 2.36. The summed E-state index contributed by atoms with van der Waals surface area (Å²) in [6.45, 7) is 0. The van der Waals surface area contributed by atoms with Crippen molar-refractivity contribution in [2.75, 3.05) is 12.0 Å². The lowest BCUT2D eigenvalue weighted by Crippen LogP contribution is -2.46. The van der Waals surface area contributed by atoms with Gasteiger partial charge in [-0.1, -0.05) is 48.7 Å². The summed E-state index contributed by atoms with van der Waals surface area (Å²) >= 11 is 6.51. The molecule has 0 radical (unpaired) electrons. The third-order valence-corrected chi connectivity index (χ3v) is 6.00. The van der Waals surface area contributed by atoms with Crippen molar-refractivity contribution in [2.45, 2.75) is 37.8 Å². The first-order chi connectivity index (χ1) is 15.6. The first-order valence-corrected chi connectivity index (χ1v) is 11.0. The van der Waals surface area contributed by atoms with Gasteiger partial charge in [-0.15, -0.1) is 0 Å². The molecule has 0 bridgehead atoms. The molecule has 3 aromatic rings. The number of methoxy groups -OCH3 is 1. The summed E-state index contributed by atoms with van der Waals surface area (Å²) in [5, 5.41) is 3.49. The van der Waals surface area contributed by atoms with Crippen molar-refractivity contribution >= 4 is 29.1 Å². The molecule has 2 aromatic carbocycles. The van der Waals surface area contributed by atoms with E-state index in [9.17, 15) is 9.59 Å². The molecule has 166 valence electrons. The number of furan rings is 1. The van der Waals surface area contributed by atoms with Crippen molar-refractivity contribution in [3.63, 3.8) is 0 Å². The van der Waals surface area contributed by atoms with Crippen molar-refractivity contribution in [3.8, 4) is 5.75 Å². The number of hydrogen-bond donors (Lipinski definition) is 1. The van der Waals surface area contributed by atoms with Crippen LogP contribution in [-0.4, -0.2) is 25.0 Å². The number of carbonyl (C=O) groups excluding carboxylic acids is 2. The van der Waals surface area contributed by atoms with Gasteiger partial charge >= 0.3 is 0 Å². The first-order valence-electron chi connectivity index (χ1n) is 10.6. The normalized spacial score (nSPS) is 14.7. The van der Waals surface area contributed by atoms with Gasteiger partial charge in [0, 0.05) is 6.04 Å². The first kappa shape index (κ1) is 22.0. The molecular weight excluding hydrogens is 428 g/mol. The highest BCUT2D eigenvalue weighted by molar-refractivity contribution is 6.34. The smallest absolute Gasteiger partial charge is 0.295 e. The third kappa shape index (κ3) is 4.65. The minimum atomic E-state index is -0.969. The number of ether oxygens (including phenoxy) is 1. The van der Waals surface area contributed by atoms with Crippen LogP contribution in [-0.2, 0) is 4.79 Å². The van der Waals surface area contributed by atoms with Gasteiger partial charge in [-0.3, -0.25) is 14.5 Å². The number of anilines is 1. The van der Waals surface area contributed by atoms with Gasteiger partial charge in [0.2, 0.25) is 5.91 Å². The second-order valence-electron chi connectivity index (χ2n) is 7.77. The van der Waals surface area contributed by atoms with E-state index in [0.717, 1.165) is 25.7 Å². The fraction of sp³-hybridized carbons (Fsp3) is 0.280. The van der Waals surface area contributed by atoms with Crippen LogP contribution in [0.2, 0.25) is 5.02 Å². The van der Waals surface area contributed by atoms with E-state index in [2.05, 4.69) is 5.32 Å². The number of carbonyl (C=O) groups is 2. The molecule has 7 heteroatoms. The zero-order valence-electron chi connectivity index (χ0n) is 17.8. The van der Waals surface area contributed by atoms with Crippen LogP contribution in [0.4, 0.5) is 5.69 Å². The van der Waals surface area contributed by atoms with Crippen LogP contribution in [0.3, 0.4) is 0 Å². The molecule has 1 atom stereocenters. The van der Waals surface area contributed by atoms with E-state index in [1.807, 2.05) is 0 Å². The van der Waals surface area contributed by atoms with Crippen LogP contribution in [0, 0.1) is 0 Å². The number of para-hydroxylation sites is 1. The van der Waals surface area contributed by atoms with Gasteiger partial charge in [-0.2, -0.15) is 0 Å². The van der Waals surface area contributed by atoms with E-state index in [0.29, 0.717) is 22.0 Å². The SMILES string of the molecule is COc1cccc(C(C(=O)NC2CCCC2)N(C(=O)c2ccco2)c2ccccc2Cl)c1. The van der Waals surface area contributed by atoms with Crippen molar-refractivity contribution in [2.24, 2.45) is 0 Å². The molecule has 1 aromatic heterocycles. The van der Waals surface area contributed by atoms with Crippen molar-refractivity contribution in [1.82, 2.24) is 5.32 Å². The Morgan fingerprint density at radius 1 is 1.09 bits per heavy atom. The topological polar surface area (TPSA) is 71.8 Å². The molecule has 32 heavy (non-hydrogen) atoms. The van der Waals surface area contributed by atoms with E-state index in [4.69, 9.17) is 20.8 Å². The fourth-order valence-electron chi connectivity index (χ4n) is 4.11. The lowest BCUT2D eigenvalue weighted by atomic mass is 10.0. The minimum absolute atomic E-state index is 0.0856. The summed E-state index contributed by atoms with van der Waals surface area (Å²) in [6, 6.07) is 16.5. The van der Waals surface area contributed by atoms with E-state index >= 15 is 0 Å². The number of hydrogen-bond acceptors (Lipinski definition) is 4. The molecule has 1 saturated carbocycles. The number of benzene rings is 2. The van der Waals surface area contributed by atoms with Crippen molar-refractivity contribution in [1.29, 1.82) is 0 Å². The average Bonchev–Trinajstić information content (AvgIpc) is 3.52.